The number of benzene rings is 2. The molecule has 8 nitrogen and oxygen atoms in total. The number of H-pyrrole nitrogens is 1. The van der Waals surface area contributed by atoms with Crippen LogP contribution < -0.4 is 15.6 Å². The molecule has 158 valence electrons. The molecule has 2 heterocycles. The SMILES string of the molecule is CCCCCOc1ccc(C(=O)Nc2ccccc2-n2ncc3c(=O)[nH]cnc32)cc1. The number of aromatic amines is 1. The minimum atomic E-state index is -0.269. The molecule has 2 aromatic heterocycles. The third-order valence-electron chi connectivity index (χ3n) is 4.88. The average Bonchev–Trinajstić information content (AvgIpc) is 3.23. The molecule has 0 bridgehead atoms. The van der Waals surface area contributed by atoms with Crippen molar-refractivity contribution in [2.75, 3.05) is 11.9 Å². The van der Waals surface area contributed by atoms with Crippen molar-refractivity contribution in [3.8, 4) is 11.4 Å². The fraction of sp³-hybridized carbons (Fsp3) is 0.217. The van der Waals surface area contributed by atoms with E-state index in [4.69, 9.17) is 4.74 Å². The van der Waals surface area contributed by atoms with E-state index >= 15 is 0 Å². The van der Waals surface area contributed by atoms with Gasteiger partial charge in [-0.2, -0.15) is 5.10 Å². The molecule has 0 aliphatic heterocycles. The molecular formula is C23H23N5O3. The number of carbonyl (C=O) groups excluding carboxylic acids is 1. The third kappa shape index (κ3) is 4.48. The number of aromatic nitrogens is 4. The number of nitrogens with one attached hydrogen (secondary N) is 2. The quantitative estimate of drug-likeness (QED) is 0.423. The summed E-state index contributed by atoms with van der Waals surface area (Å²) in [5, 5.41) is 7.58. The van der Waals surface area contributed by atoms with E-state index in [1.165, 1.54) is 17.2 Å². The summed E-state index contributed by atoms with van der Waals surface area (Å²) in [6, 6.07) is 14.3. The number of rotatable bonds is 8. The van der Waals surface area contributed by atoms with E-state index < -0.39 is 0 Å². The smallest absolute Gasteiger partial charge is 0.261 e. The number of amides is 1. The molecule has 1 amide bonds. The Morgan fingerprint density at radius 1 is 1.13 bits per heavy atom. The molecule has 0 radical (unpaired) electrons. The van der Waals surface area contributed by atoms with Gasteiger partial charge in [0.05, 0.1) is 30.5 Å². The van der Waals surface area contributed by atoms with Crippen LogP contribution in [0.1, 0.15) is 36.5 Å². The molecular weight excluding hydrogens is 394 g/mol. The van der Waals surface area contributed by atoms with Gasteiger partial charge in [-0.25, -0.2) is 9.67 Å². The zero-order valence-corrected chi connectivity index (χ0v) is 17.2. The van der Waals surface area contributed by atoms with Crippen LogP contribution >= 0.6 is 0 Å². The van der Waals surface area contributed by atoms with E-state index in [-0.39, 0.29) is 11.5 Å². The number of nitrogens with zero attached hydrogens (tertiary/aromatic N) is 3. The number of carbonyl (C=O) groups is 1. The Kier molecular flexibility index (Phi) is 6.07. The van der Waals surface area contributed by atoms with Crippen molar-refractivity contribution in [3.05, 3.63) is 77.0 Å². The van der Waals surface area contributed by atoms with Gasteiger partial charge in [-0.3, -0.25) is 9.59 Å². The van der Waals surface area contributed by atoms with Crippen molar-refractivity contribution in [1.82, 2.24) is 19.7 Å². The Bertz CT molecular complexity index is 1240. The summed E-state index contributed by atoms with van der Waals surface area (Å²) < 4.78 is 7.24. The Hall–Kier alpha value is -3.94. The van der Waals surface area contributed by atoms with Gasteiger partial charge in [0.15, 0.2) is 5.65 Å². The van der Waals surface area contributed by atoms with Crippen LogP contribution in [0.4, 0.5) is 5.69 Å². The second-order valence-electron chi connectivity index (χ2n) is 7.08. The molecule has 4 aromatic rings. The molecule has 0 saturated heterocycles. The minimum Gasteiger partial charge on any atom is -0.494 e. The van der Waals surface area contributed by atoms with E-state index in [0.29, 0.717) is 34.6 Å². The molecule has 0 atom stereocenters. The number of hydrogen-bond donors (Lipinski definition) is 2. The summed E-state index contributed by atoms with van der Waals surface area (Å²) in [6.07, 6.45) is 6.08. The molecule has 0 aliphatic carbocycles. The van der Waals surface area contributed by atoms with Crippen LogP contribution in [-0.2, 0) is 0 Å². The topological polar surface area (TPSA) is 102 Å². The predicted octanol–water partition coefficient (Wildman–Crippen LogP) is 3.93. The first-order valence-corrected chi connectivity index (χ1v) is 10.2. The molecule has 4 rings (SSSR count). The van der Waals surface area contributed by atoms with Gasteiger partial charge in [-0.05, 0) is 42.8 Å². The molecule has 0 unspecified atom stereocenters. The number of unbranched alkanes of at least 4 members (excludes halogenated alkanes) is 2. The van der Waals surface area contributed by atoms with Gasteiger partial charge in [0, 0.05) is 5.56 Å². The lowest BCUT2D eigenvalue weighted by molar-refractivity contribution is 0.102. The van der Waals surface area contributed by atoms with Crippen molar-refractivity contribution < 1.29 is 9.53 Å². The van der Waals surface area contributed by atoms with Gasteiger partial charge in [-0.1, -0.05) is 31.9 Å². The number of fused-ring (bicyclic) bond motifs is 1. The highest BCUT2D eigenvalue weighted by Crippen LogP contribution is 2.23. The Morgan fingerprint density at radius 2 is 1.94 bits per heavy atom. The van der Waals surface area contributed by atoms with Gasteiger partial charge in [-0.15, -0.1) is 0 Å². The first kappa shape index (κ1) is 20.3. The van der Waals surface area contributed by atoms with Crippen LogP contribution in [0.2, 0.25) is 0 Å². The van der Waals surface area contributed by atoms with Crippen molar-refractivity contribution in [2.45, 2.75) is 26.2 Å². The summed E-state index contributed by atoms with van der Waals surface area (Å²) in [5.41, 5.74) is 1.82. The van der Waals surface area contributed by atoms with Gasteiger partial charge in [0.1, 0.15) is 11.1 Å². The first-order valence-electron chi connectivity index (χ1n) is 10.2. The third-order valence-corrected chi connectivity index (χ3v) is 4.88. The highest BCUT2D eigenvalue weighted by Gasteiger charge is 2.14. The molecule has 0 aliphatic rings. The standard InChI is InChI=1S/C23H23N5O3/c1-2-3-6-13-31-17-11-9-16(10-12-17)22(29)27-19-7-4-5-8-20(19)28-21-18(14-26-28)23(30)25-15-24-21/h4-5,7-12,14-15H,2-3,6,13H2,1H3,(H,27,29)(H,24,25,30). The summed E-state index contributed by atoms with van der Waals surface area (Å²) >= 11 is 0. The lowest BCUT2D eigenvalue weighted by Gasteiger charge is -2.12. The van der Waals surface area contributed by atoms with Gasteiger partial charge in [0.25, 0.3) is 11.5 Å². The van der Waals surface area contributed by atoms with E-state index in [1.807, 2.05) is 12.1 Å². The Morgan fingerprint density at radius 3 is 2.74 bits per heavy atom. The molecule has 31 heavy (non-hydrogen) atoms. The second kappa shape index (κ2) is 9.25. The van der Waals surface area contributed by atoms with E-state index in [2.05, 4.69) is 27.3 Å². The Labute approximate surface area is 178 Å². The lowest BCUT2D eigenvalue weighted by atomic mass is 10.2. The van der Waals surface area contributed by atoms with Crippen LogP contribution in [0.25, 0.3) is 16.7 Å². The minimum absolute atomic E-state index is 0.257. The van der Waals surface area contributed by atoms with E-state index in [0.717, 1.165) is 25.0 Å². The molecule has 2 aromatic carbocycles. The van der Waals surface area contributed by atoms with Crippen LogP contribution in [0.15, 0.2) is 65.8 Å². The number of ether oxygens (including phenoxy) is 1. The lowest BCUT2D eigenvalue weighted by Crippen LogP contribution is -2.14. The molecule has 0 saturated carbocycles. The normalized spacial score (nSPS) is 10.9. The monoisotopic (exact) mass is 417 g/mol. The van der Waals surface area contributed by atoms with Crippen LogP contribution in [0, 0.1) is 0 Å². The van der Waals surface area contributed by atoms with Crippen LogP contribution in [0.3, 0.4) is 0 Å². The van der Waals surface area contributed by atoms with Crippen molar-refractivity contribution in [1.29, 1.82) is 0 Å². The number of para-hydroxylation sites is 2. The van der Waals surface area contributed by atoms with Crippen LogP contribution in [-0.4, -0.2) is 32.3 Å². The summed E-state index contributed by atoms with van der Waals surface area (Å²) in [7, 11) is 0. The first-order chi connectivity index (χ1) is 15.2. The fourth-order valence-electron chi connectivity index (χ4n) is 3.24. The van der Waals surface area contributed by atoms with Gasteiger partial charge >= 0.3 is 0 Å². The van der Waals surface area contributed by atoms with Gasteiger partial charge < -0.3 is 15.0 Å². The summed E-state index contributed by atoms with van der Waals surface area (Å²) in [6.45, 7) is 2.82. The second-order valence-corrected chi connectivity index (χ2v) is 7.08. The number of hydrogen-bond acceptors (Lipinski definition) is 5. The summed E-state index contributed by atoms with van der Waals surface area (Å²) in [5.74, 6) is 0.486. The highest BCUT2D eigenvalue weighted by molar-refractivity contribution is 6.05. The number of anilines is 1. The zero-order chi connectivity index (χ0) is 21.6. The predicted molar refractivity (Wildman–Crippen MR) is 119 cm³/mol. The van der Waals surface area contributed by atoms with E-state index in [9.17, 15) is 9.59 Å². The van der Waals surface area contributed by atoms with Crippen molar-refractivity contribution in [3.63, 3.8) is 0 Å². The highest BCUT2D eigenvalue weighted by atomic mass is 16.5. The zero-order valence-electron chi connectivity index (χ0n) is 17.2. The summed E-state index contributed by atoms with van der Waals surface area (Å²) in [4.78, 5) is 31.5. The molecule has 2 N–H and O–H groups in total. The van der Waals surface area contributed by atoms with Crippen molar-refractivity contribution >= 4 is 22.6 Å². The molecule has 0 fully saturated rings. The average molecular weight is 417 g/mol. The van der Waals surface area contributed by atoms with E-state index in [1.54, 1.807) is 36.4 Å². The van der Waals surface area contributed by atoms with Crippen LogP contribution in [0.5, 0.6) is 5.75 Å². The largest absolute Gasteiger partial charge is 0.494 e. The Balaban J connectivity index is 1.53. The maximum absolute atomic E-state index is 12.8. The molecule has 0 spiro atoms. The fourth-order valence-corrected chi connectivity index (χ4v) is 3.24. The maximum Gasteiger partial charge on any atom is 0.261 e. The van der Waals surface area contributed by atoms with Crippen molar-refractivity contribution in [2.24, 2.45) is 0 Å². The maximum atomic E-state index is 12.8. The molecule has 8 heteroatoms. The van der Waals surface area contributed by atoms with Gasteiger partial charge in [0.2, 0.25) is 0 Å².